The third-order valence-electron chi connectivity index (χ3n) is 4.13. The second-order valence-corrected chi connectivity index (χ2v) is 5.47. The van der Waals surface area contributed by atoms with Gasteiger partial charge in [0.05, 0.1) is 17.6 Å². The lowest BCUT2D eigenvalue weighted by Crippen LogP contribution is -2.25. The summed E-state index contributed by atoms with van der Waals surface area (Å²) in [5.74, 6) is 0.726. The quantitative estimate of drug-likeness (QED) is 0.745. The number of hydrogen-bond donors (Lipinski definition) is 0. The van der Waals surface area contributed by atoms with Crippen LogP contribution < -0.4 is 10.3 Å². The molecule has 0 radical (unpaired) electrons. The van der Waals surface area contributed by atoms with E-state index in [-0.39, 0.29) is 5.56 Å². The fourth-order valence-electron chi connectivity index (χ4n) is 3.04. The van der Waals surface area contributed by atoms with Crippen LogP contribution >= 0.6 is 0 Å². The van der Waals surface area contributed by atoms with E-state index in [1.165, 1.54) is 5.56 Å². The Morgan fingerprint density at radius 1 is 1.14 bits per heavy atom. The number of hydrogen-bond acceptors (Lipinski definition) is 3. The summed E-state index contributed by atoms with van der Waals surface area (Å²) in [6, 6.07) is 14.1. The van der Waals surface area contributed by atoms with Crippen LogP contribution in [0.3, 0.4) is 0 Å². The van der Waals surface area contributed by atoms with Crippen molar-refractivity contribution in [1.82, 2.24) is 9.55 Å². The van der Waals surface area contributed by atoms with Gasteiger partial charge in [0.1, 0.15) is 11.4 Å². The molecule has 0 N–H and O–H groups in total. The van der Waals surface area contributed by atoms with Gasteiger partial charge in [-0.1, -0.05) is 30.3 Å². The van der Waals surface area contributed by atoms with E-state index in [4.69, 9.17) is 4.74 Å². The summed E-state index contributed by atoms with van der Waals surface area (Å²) >= 11 is 0. The van der Waals surface area contributed by atoms with Gasteiger partial charge in [-0.05, 0) is 24.1 Å². The molecule has 1 aliphatic heterocycles. The maximum atomic E-state index is 12.7. The summed E-state index contributed by atoms with van der Waals surface area (Å²) in [4.78, 5) is 17.2. The molecule has 0 fully saturated rings. The van der Waals surface area contributed by atoms with Crippen LogP contribution in [0.4, 0.5) is 0 Å². The number of aromatic nitrogens is 2. The lowest BCUT2D eigenvalue weighted by atomic mass is 10.1. The first-order valence-corrected chi connectivity index (χ1v) is 7.52. The van der Waals surface area contributed by atoms with Crippen LogP contribution in [0.25, 0.3) is 11.0 Å². The van der Waals surface area contributed by atoms with Crippen molar-refractivity contribution in [2.24, 2.45) is 0 Å². The fraction of sp³-hybridized carbons (Fsp3) is 0.222. The molecule has 0 saturated heterocycles. The van der Waals surface area contributed by atoms with Gasteiger partial charge >= 0.3 is 0 Å². The minimum Gasteiger partial charge on any atom is -0.492 e. The number of rotatable bonds is 3. The van der Waals surface area contributed by atoms with E-state index in [1.807, 2.05) is 30.3 Å². The fourth-order valence-corrected chi connectivity index (χ4v) is 3.04. The van der Waals surface area contributed by atoms with E-state index in [0.717, 1.165) is 23.1 Å². The maximum Gasteiger partial charge on any atom is 0.259 e. The van der Waals surface area contributed by atoms with Gasteiger partial charge in [0, 0.05) is 19.2 Å². The Hall–Kier alpha value is -2.62. The van der Waals surface area contributed by atoms with Crippen LogP contribution in [-0.4, -0.2) is 16.2 Å². The van der Waals surface area contributed by atoms with Crippen molar-refractivity contribution in [3.63, 3.8) is 0 Å². The third-order valence-corrected chi connectivity index (χ3v) is 4.13. The predicted octanol–water partition coefficient (Wildman–Crippen LogP) is 2.57. The number of aryl methyl sites for hydroxylation is 2. The summed E-state index contributed by atoms with van der Waals surface area (Å²) < 4.78 is 7.44. The van der Waals surface area contributed by atoms with Crippen LogP contribution in [-0.2, 0) is 19.4 Å². The normalized spacial score (nSPS) is 13.1. The standard InChI is InChI=1S/C18H16N2O2/c21-18-15-9-12-22-16(15)14-7-4-10-19-17(14)20(18)11-8-13-5-2-1-3-6-13/h1-7,10H,8-9,11-12H2. The van der Waals surface area contributed by atoms with Crippen molar-refractivity contribution in [3.05, 3.63) is 70.1 Å². The monoisotopic (exact) mass is 292 g/mol. The Bertz CT molecular complexity index is 885. The molecule has 22 heavy (non-hydrogen) atoms. The van der Waals surface area contributed by atoms with Gasteiger partial charge in [0.15, 0.2) is 0 Å². The van der Waals surface area contributed by atoms with Gasteiger partial charge in [-0.3, -0.25) is 9.36 Å². The Kier molecular flexibility index (Phi) is 3.15. The summed E-state index contributed by atoms with van der Waals surface area (Å²) in [5, 5.41) is 0.933. The number of nitrogens with zero attached hydrogens (tertiary/aromatic N) is 2. The van der Waals surface area contributed by atoms with Crippen LogP contribution in [0.5, 0.6) is 5.75 Å². The zero-order valence-electron chi connectivity index (χ0n) is 12.2. The molecule has 0 bridgehead atoms. The molecule has 1 aromatic carbocycles. The molecule has 4 rings (SSSR count). The molecule has 0 saturated carbocycles. The number of benzene rings is 1. The average molecular weight is 292 g/mol. The predicted molar refractivity (Wildman–Crippen MR) is 85.3 cm³/mol. The van der Waals surface area contributed by atoms with E-state index in [0.29, 0.717) is 25.2 Å². The molecule has 0 spiro atoms. The van der Waals surface area contributed by atoms with Gasteiger partial charge in [-0.25, -0.2) is 4.98 Å². The van der Waals surface area contributed by atoms with Crippen LogP contribution in [0.2, 0.25) is 0 Å². The second-order valence-electron chi connectivity index (χ2n) is 5.47. The van der Waals surface area contributed by atoms with Crippen molar-refractivity contribution in [1.29, 1.82) is 0 Å². The Labute approximate surface area is 128 Å². The third kappa shape index (κ3) is 2.08. The molecule has 0 unspecified atom stereocenters. The van der Waals surface area contributed by atoms with Crippen molar-refractivity contribution in [3.8, 4) is 5.75 Å². The molecule has 110 valence electrons. The largest absolute Gasteiger partial charge is 0.492 e. The Balaban J connectivity index is 1.82. The molecule has 1 aliphatic rings. The molecule has 0 atom stereocenters. The Morgan fingerprint density at radius 3 is 2.86 bits per heavy atom. The van der Waals surface area contributed by atoms with Gasteiger partial charge in [-0.15, -0.1) is 0 Å². The van der Waals surface area contributed by atoms with Crippen molar-refractivity contribution in [2.45, 2.75) is 19.4 Å². The van der Waals surface area contributed by atoms with Gasteiger partial charge in [0.25, 0.3) is 5.56 Å². The SMILES string of the molecule is O=c1c2c(c3cccnc3n1CCc1ccccc1)OCC2. The van der Waals surface area contributed by atoms with Gasteiger partial charge in [-0.2, -0.15) is 0 Å². The van der Waals surface area contributed by atoms with Crippen LogP contribution in [0.15, 0.2) is 53.5 Å². The minimum atomic E-state index is 0.0367. The van der Waals surface area contributed by atoms with E-state index >= 15 is 0 Å². The summed E-state index contributed by atoms with van der Waals surface area (Å²) in [5.41, 5.74) is 2.75. The first kappa shape index (κ1) is 13.1. The molecule has 0 amide bonds. The highest BCUT2D eigenvalue weighted by atomic mass is 16.5. The van der Waals surface area contributed by atoms with Crippen molar-refractivity contribution < 1.29 is 4.74 Å². The van der Waals surface area contributed by atoms with E-state index in [2.05, 4.69) is 17.1 Å². The summed E-state index contributed by atoms with van der Waals surface area (Å²) in [6.07, 6.45) is 3.22. The van der Waals surface area contributed by atoms with Crippen molar-refractivity contribution >= 4 is 11.0 Å². The maximum absolute atomic E-state index is 12.7. The van der Waals surface area contributed by atoms with Crippen LogP contribution in [0, 0.1) is 0 Å². The Morgan fingerprint density at radius 2 is 2.00 bits per heavy atom. The molecule has 0 aliphatic carbocycles. The lowest BCUT2D eigenvalue weighted by Gasteiger charge is -2.12. The van der Waals surface area contributed by atoms with E-state index < -0.39 is 0 Å². The highest BCUT2D eigenvalue weighted by Crippen LogP contribution is 2.30. The van der Waals surface area contributed by atoms with Gasteiger partial charge in [0.2, 0.25) is 0 Å². The first-order chi connectivity index (χ1) is 10.8. The first-order valence-electron chi connectivity index (χ1n) is 7.52. The lowest BCUT2D eigenvalue weighted by molar-refractivity contribution is 0.360. The van der Waals surface area contributed by atoms with Crippen LogP contribution in [0.1, 0.15) is 11.1 Å². The van der Waals surface area contributed by atoms with Crippen molar-refractivity contribution in [2.75, 3.05) is 6.61 Å². The smallest absolute Gasteiger partial charge is 0.259 e. The molecular formula is C18H16N2O2. The van der Waals surface area contributed by atoms with E-state index in [9.17, 15) is 4.79 Å². The molecule has 3 heterocycles. The zero-order valence-corrected chi connectivity index (χ0v) is 12.2. The van der Waals surface area contributed by atoms with Gasteiger partial charge < -0.3 is 4.74 Å². The number of pyridine rings is 2. The summed E-state index contributed by atoms with van der Waals surface area (Å²) in [6.45, 7) is 1.21. The average Bonchev–Trinajstić information content (AvgIpc) is 3.06. The summed E-state index contributed by atoms with van der Waals surface area (Å²) in [7, 11) is 0. The zero-order chi connectivity index (χ0) is 14.9. The highest BCUT2D eigenvalue weighted by Gasteiger charge is 2.22. The molecule has 4 heteroatoms. The molecule has 2 aromatic heterocycles. The second kappa shape index (κ2) is 5.30. The number of fused-ring (bicyclic) bond motifs is 3. The minimum absolute atomic E-state index is 0.0367. The molecule has 3 aromatic rings. The molecular weight excluding hydrogens is 276 g/mol. The topological polar surface area (TPSA) is 44.1 Å². The molecule has 4 nitrogen and oxygen atoms in total. The highest BCUT2D eigenvalue weighted by molar-refractivity contribution is 5.84. The van der Waals surface area contributed by atoms with E-state index in [1.54, 1.807) is 10.8 Å². The number of ether oxygens (including phenoxy) is 1.